The molecule has 0 amide bonds. The van der Waals surface area contributed by atoms with Crippen LogP contribution in [-0.2, 0) is 0 Å². The summed E-state index contributed by atoms with van der Waals surface area (Å²) in [6, 6.07) is 6.38. The number of fused-ring (bicyclic) bond motifs is 1. The van der Waals surface area contributed by atoms with Crippen molar-refractivity contribution in [2.45, 2.75) is 12.5 Å². The quantitative estimate of drug-likeness (QED) is 0.776. The minimum absolute atomic E-state index is 0.407. The van der Waals surface area contributed by atoms with Crippen LogP contribution in [0, 0.1) is 0 Å². The van der Waals surface area contributed by atoms with E-state index in [4.69, 9.17) is 9.47 Å². The summed E-state index contributed by atoms with van der Waals surface area (Å²) in [6.45, 7) is 0.770. The first-order valence-electron chi connectivity index (χ1n) is 4.83. The van der Waals surface area contributed by atoms with Crippen LogP contribution in [-0.4, -0.2) is 20.8 Å². The molecule has 1 heterocycles. The van der Waals surface area contributed by atoms with Gasteiger partial charge in [-0.25, -0.2) is 0 Å². The fourth-order valence-electron chi connectivity index (χ4n) is 1.80. The molecule has 1 aromatic rings. The SMILES string of the molecule is CNC1CCOc2cc(OC)ccc21. The van der Waals surface area contributed by atoms with Crippen molar-refractivity contribution in [2.24, 2.45) is 0 Å². The predicted octanol–water partition coefficient (Wildman–Crippen LogP) is 1.74. The van der Waals surface area contributed by atoms with E-state index >= 15 is 0 Å². The zero-order valence-electron chi connectivity index (χ0n) is 8.54. The Morgan fingerprint density at radius 1 is 1.50 bits per heavy atom. The average molecular weight is 193 g/mol. The van der Waals surface area contributed by atoms with Crippen LogP contribution in [0.1, 0.15) is 18.0 Å². The minimum Gasteiger partial charge on any atom is -0.497 e. The van der Waals surface area contributed by atoms with Gasteiger partial charge in [0.05, 0.1) is 13.7 Å². The summed E-state index contributed by atoms with van der Waals surface area (Å²) in [6.07, 6.45) is 1.02. The number of benzene rings is 1. The molecule has 3 heteroatoms. The average Bonchev–Trinajstić information content (AvgIpc) is 2.27. The maximum atomic E-state index is 5.58. The standard InChI is InChI=1S/C11H15NO2/c1-12-10-5-6-14-11-7-8(13-2)3-4-9(10)11/h3-4,7,10,12H,5-6H2,1-2H3. The zero-order valence-corrected chi connectivity index (χ0v) is 8.54. The molecule has 1 N–H and O–H groups in total. The van der Waals surface area contributed by atoms with E-state index in [1.54, 1.807) is 7.11 Å². The maximum absolute atomic E-state index is 5.58. The summed E-state index contributed by atoms with van der Waals surface area (Å²) in [5, 5.41) is 3.28. The Morgan fingerprint density at radius 3 is 3.07 bits per heavy atom. The van der Waals surface area contributed by atoms with Gasteiger partial charge in [0.1, 0.15) is 11.5 Å². The number of methoxy groups -OCH3 is 1. The van der Waals surface area contributed by atoms with Crippen LogP contribution in [0.3, 0.4) is 0 Å². The second-order valence-corrected chi connectivity index (χ2v) is 3.38. The van der Waals surface area contributed by atoms with E-state index in [-0.39, 0.29) is 0 Å². The molecule has 0 radical (unpaired) electrons. The Morgan fingerprint density at radius 2 is 2.36 bits per heavy atom. The van der Waals surface area contributed by atoms with Gasteiger partial charge in [-0.05, 0) is 13.1 Å². The fraction of sp³-hybridized carbons (Fsp3) is 0.455. The predicted molar refractivity (Wildman–Crippen MR) is 54.9 cm³/mol. The van der Waals surface area contributed by atoms with Gasteiger partial charge in [0.15, 0.2) is 0 Å². The summed E-state index contributed by atoms with van der Waals surface area (Å²) in [5.74, 6) is 1.79. The highest BCUT2D eigenvalue weighted by Gasteiger charge is 2.19. The molecule has 0 aliphatic carbocycles. The molecule has 0 saturated carbocycles. The maximum Gasteiger partial charge on any atom is 0.127 e. The Labute approximate surface area is 84.0 Å². The van der Waals surface area contributed by atoms with Crippen molar-refractivity contribution >= 4 is 0 Å². The molecular weight excluding hydrogens is 178 g/mol. The number of nitrogens with one attached hydrogen (secondary N) is 1. The van der Waals surface area contributed by atoms with E-state index in [2.05, 4.69) is 11.4 Å². The molecule has 0 saturated heterocycles. The van der Waals surface area contributed by atoms with Crippen molar-refractivity contribution in [3.8, 4) is 11.5 Å². The Balaban J connectivity index is 2.35. The molecule has 0 bridgehead atoms. The highest BCUT2D eigenvalue weighted by atomic mass is 16.5. The second kappa shape index (κ2) is 3.88. The summed E-state index contributed by atoms with van der Waals surface area (Å²) < 4.78 is 10.7. The highest BCUT2D eigenvalue weighted by molar-refractivity contribution is 5.43. The lowest BCUT2D eigenvalue weighted by Crippen LogP contribution is -2.23. The molecule has 14 heavy (non-hydrogen) atoms. The fourth-order valence-corrected chi connectivity index (χ4v) is 1.80. The lowest BCUT2D eigenvalue weighted by molar-refractivity contribution is 0.256. The van der Waals surface area contributed by atoms with Crippen LogP contribution >= 0.6 is 0 Å². The topological polar surface area (TPSA) is 30.5 Å². The van der Waals surface area contributed by atoms with Crippen LogP contribution in [0.25, 0.3) is 0 Å². The van der Waals surface area contributed by atoms with Gasteiger partial charge in [0.25, 0.3) is 0 Å². The Kier molecular flexibility index (Phi) is 2.59. The van der Waals surface area contributed by atoms with Crippen LogP contribution < -0.4 is 14.8 Å². The van der Waals surface area contributed by atoms with Crippen LogP contribution in [0.15, 0.2) is 18.2 Å². The van der Waals surface area contributed by atoms with Gasteiger partial charge in [0, 0.05) is 24.1 Å². The highest BCUT2D eigenvalue weighted by Crippen LogP contribution is 2.34. The molecule has 0 fully saturated rings. The first-order valence-corrected chi connectivity index (χ1v) is 4.83. The van der Waals surface area contributed by atoms with Crippen LogP contribution in [0.5, 0.6) is 11.5 Å². The summed E-state index contributed by atoms with van der Waals surface area (Å²) in [5.41, 5.74) is 1.22. The van der Waals surface area contributed by atoms with Crippen molar-refractivity contribution < 1.29 is 9.47 Å². The third-order valence-electron chi connectivity index (χ3n) is 2.61. The van der Waals surface area contributed by atoms with Gasteiger partial charge in [0.2, 0.25) is 0 Å². The van der Waals surface area contributed by atoms with E-state index in [0.717, 1.165) is 24.5 Å². The molecule has 2 rings (SSSR count). The molecule has 1 aromatic carbocycles. The molecule has 3 nitrogen and oxygen atoms in total. The molecule has 1 atom stereocenters. The van der Waals surface area contributed by atoms with Gasteiger partial charge in [-0.2, -0.15) is 0 Å². The lowest BCUT2D eigenvalue weighted by atomic mass is 10.0. The van der Waals surface area contributed by atoms with Crippen molar-refractivity contribution in [3.05, 3.63) is 23.8 Å². The number of rotatable bonds is 2. The van der Waals surface area contributed by atoms with Gasteiger partial charge >= 0.3 is 0 Å². The van der Waals surface area contributed by atoms with E-state index < -0.39 is 0 Å². The van der Waals surface area contributed by atoms with E-state index in [0.29, 0.717) is 6.04 Å². The summed E-state index contributed by atoms with van der Waals surface area (Å²) in [7, 11) is 3.64. The second-order valence-electron chi connectivity index (χ2n) is 3.38. The smallest absolute Gasteiger partial charge is 0.127 e. The van der Waals surface area contributed by atoms with Gasteiger partial charge in [-0.15, -0.1) is 0 Å². The summed E-state index contributed by atoms with van der Waals surface area (Å²) in [4.78, 5) is 0. The molecule has 0 spiro atoms. The van der Waals surface area contributed by atoms with Crippen molar-refractivity contribution in [1.29, 1.82) is 0 Å². The van der Waals surface area contributed by atoms with E-state index in [9.17, 15) is 0 Å². The van der Waals surface area contributed by atoms with E-state index in [1.807, 2.05) is 19.2 Å². The van der Waals surface area contributed by atoms with Crippen molar-refractivity contribution in [3.63, 3.8) is 0 Å². The first kappa shape index (κ1) is 9.34. The Hall–Kier alpha value is -1.22. The molecule has 1 aliphatic rings. The van der Waals surface area contributed by atoms with E-state index in [1.165, 1.54) is 5.56 Å². The molecule has 1 aliphatic heterocycles. The molecule has 76 valence electrons. The summed E-state index contributed by atoms with van der Waals surface area (Å²) >= 11 is 0. The van der Waals surface area contributed by atoms with Gasteiger partial charge in [-0.1, -0.05) is 6.07 Å². The third-order valence-corrected chi connectivity index (χ3v) is 2.61. The molecule has 0 aromatic heterocycles. The van der Waals surface area contributed by atoms with Crippen LogP contribution in [0.2, 0.25) is 0 Å². The number of ether oxygens (including phenoxy) is 2. The van der Waals surface area contributed by atoms with Gasteiger partial charge < -0.3 is 14.8 Å². The molecular formula is C11H15NO2. The van der Waals surface area contributed by atoms with Crippen LogP contribution in [0.4, 0.5) is 0 Å². The lowest BCUT2D eigenvalue weighted by Gasteiger charge is -2.25. The number of hydrogen-bond donors (Lipinski definition) is 1. The number of hydrogen-bond acceptors (Lipinski definition) is 3. The first-order chi connectivity index (χ1) is 6.85. The van der Waals surface area contributed by atoms with Crippen molar-refractivity contribution in [1.82, 2.24) is 5.32 Å². The normalized spacial score (nSPS) is 19.7. The van der Waals surface area contributed by atoms with Crippen molar-refractivity contribution in [2.75, 3.05) is 20.8 Å². The minimum atomic E-state index is 0.407. The largest absolute Gasteiger partial charge is 0.497 e. The third kappa shape index (κ3) is 1.55. The zero-order chi connectivity index (χ0) is 9.97. The molecule has 1 unspecified atom stereocenters. The Bertz CT molecular complexity index is 325. The monoisotopic (exact) mass is 193 g/mol. The van der Waals surface area contributed by atoms with Gasteiger partial charge in [-0.3, -0.25) is 0 Å².